The molecule has 1 saturated heterocycles. The van der Waals surface area contributed by atoms with E-state index in [1.54, 1.807) is 0 Å². The molecular weight excluding hydrogens is 294 g/mol. The Balaban J connectivity index is 2.48. The number of piperidine rings is 1. The Labute approximate surface area is 116 Å². The summed E-state index contributed by atoms with van der Waals surface area (Å²) in [6.07, 6.45) is -5.11. The van der Waals surface area contributed by atoms with Crippen molar-refractivity contribution in [3.8, 4) is 0 Å². The third kappa shape index (κ3) is 2.93. The highest BCUT2D eigenvalue weighted by atomic mass is 19.4. The van der Waals surface area contributed by atoms with Crippen molar-refractivity contribution in [1.82, 2.24) is 5.32 Å². The van der Waals surface area contributed by atoms with Crippen molar-refractivity contribution < 1.29 is 31.9 Å². The number of alkyl halides is 3. The van der Waals surface area contributed by atoms with Gasteiger partial charge in [-0.3, -0.25) is 14.4 Å². The molecule has 2 rings (SSSR count). The zero-order valence-electron chi connectivity index (χ0n) is 10.5. The summed E-state index contributed by atoms with van der Waals surface area (Å²) in [5.74, 6) is -5.94. The summed E-state index contributed by atoms with van der Waals surface area (Å²) in [6, 6.07) is 1.47. The topological polar surface area (TPSA) is 63.2 Å². The van der Waals surface area contributed by atoms with Gasteiger partial charge in [-0.15, -0.1) is 0 Å². The molecule has 1 aromatic carbocycles. The molecule has 0 aliphatic carbocycles. The Bertz CT molecular complexity index is 608. The van der Waals surface area contributed by atoms with E-state index in [2.05, 4.69) is 5.32 Å². The van der Waals surface area contributed by atoms with E-state index in [-0.39, 0.29) is 19.0 Å². The Morgan fingerprint density at radius 2 is 1.90 bits per heavy atom. The number of Topliss-reactive ketones (excluding diaryl/α,β-unsaturated/α-hetero) is 2. The summed E-state index contributed by atoms with van der Waals surface area (Å²) in [5.41, 5.74) is -2.39. The predicted octanol–water partition coefficient (Wildman–Crippen LogP) is 1.73. The number of amides is 1. The standard InChI is InChI=1S/C13H9F4NO3/c14-6-1-2-7(8(5-6)13(15,16)17)11(20)10-9(19)3-4-18-12(10)21/h1-2,5,10H,3-4H2,(H,18,21). The number of hydrogen-bond acceptors (Lipinski definition) is 3. The van der Waals surface area contributed by atoms with Crippen LogP contribution in [0, 0.1) is 11.7 Å². The van der Waals surface area contributed by atoms with Crippen LogP contribution >= 0.6 is 0 Å². The zero-order valence-corrected chi connectivity index (χ0v) is 10.5. The van der Waals surface area contributed by atoms with Gasteiger partial charge in [-0.25, -0.2) is 4.39 Å². The molecule has 1 aliphatic rings. The fraction of sp³-hybridized carbons (Fsp3) is 0.308. The van der Waals surface area contributed by atoms with Gasteiger partial charge in [0.15, 0.2) is 17.5 Å². The van der Waals surface area contributed by atoms with Crippen LogP contribution in [-0.4, -0.2) is 24.0 Å². The molecule has 4 nitrogen and oxygen atoms in total. The molecule has 1 unspecified atom stereocenters. The van der Waals surface area contributed by atoms with Gasteiger partial charge in [-0.2, -0.15) is 13.2 Å². The summed E-state index contributed by atoms with van der Waals surface area (Å²) in [5, 5.41) is 2.25. The van der Waals surface area contributed by atoms with Crippen molar-refractivity contribution in [3.05, 3.63) is 35.1 Å². The molecule has 1 atom stereocenters. The Hall–Kier alpha value is -2.25. The fourth-order valence-corrected chi connectivity index (χ4v) is 2.09. The van der Waals surface area contributed by atoms with Gasteiger partial charge in [0.05, 0.1) is 5.56 Å². The minimum Gasteiger partial charge on any atom is -0.355 e. The summed E-state index contributed by atoms with van der Waals surface area (Å²) >= 11 is 0. The molecule has 0 saturated carbocycles. The number of benzene rings is 1. The van der Waals surface area contributed by atoms with E-state index in [1.165, 1.54) is 0 Å². The average Bonchev–Trinajstić information content (AvgIpc) is 2.37. The Morgan fingerprint density at radius 1 is 1.24 bits per heavy atom. The molecule has 0 aromatic heterocycles. The monoisotopic (exact) mass is 303 g/mol. The fourth-order valence-electron chi connectivity index (χ4n) is 2.09. The molecule has 21 heavy (non-hydrogen) atoms. The van der Waals surface area contributed by atoms with Gasteiger partial charge in [0.2, 0.25) is 5.91 Å². The third-order valence-electron chi connectivity index (χ3n) is 3.07. The number of ketones is 2. The minimum absolute atomic E-state index is 0.0387. The SMILES string of the molecule is O=C1CCNC(=O)C1C(=O)c1ccc(F)cc1C(F)(F)F. The maximum absolute atomic E-state index is 13.0. The van der Waals surface area contributed by atoms with Crippen LogP contribution in [0.5, 0.6) is 0 Å². The molecule has 8 heteroatoms. The van der Waals surface area contributed by atoms with Crippen molar-refractivity contribution in [2.75, 3.05) is 6.54 Å². The van der Waals surface area contributed by atoms with E-state index in [1.807, 2.05) is 0 Å². The van der Waals surface area contributed by atoms with Crippen molar-refractivity contribution in [2.24, 2.45) is 5.92 Å². The third-order valence-corrected chi connectivity index (χ3v) is 3.07. The van der Waals surface area contributed by atoms with E-state index in [9.17, 15) is 31.9 Å². The van der Waals surface area contributed by atoms with Crippen LogP contribution in [0.4, 0.5) is 17.6 Å². The zero-order chi connectivity index (χ0) is 15.8. The quantitative estimate of drug-likeness (QED) is 0.514. The van der Waals surface area contributed by atoms with E-state index >= 15 is 0 Å². The largest absolute Gasteiger partial charge is 0.417 e. The molecule has 1 aliphatic heterocycles. The lowest BCUT2D eigenvalue weighted by Crippen LogP contribution is -2.46. The van der Waals surface area contributed by atoms with Gasteiger partial charge in [-0.1, -0.05) is 0 Å². The van der Waals surface area contributed by atoms with Gasteiger partial charge in [0.25, 0.3) is 0 Å². The predicted molar refractivity (Wildman–Crippen MR) is 61.9 cm³/mol. The molecule has 0 bridgehead atoms. The Kier molecular flexibility index (Phi) is 3.80. The molecule has 0 radical (unpaired) electrons. The summed E-state index contributed by atoms with van der Waals surface area (Å²) in [6.45, 7) is 0.0387. The van der Waals surface area contributed by atoms with Gasteiger partial charge < -0.3 is 5.32 Å². The highest BCUT2D eigenvalue weighted by Crippen LogP contribution is 2.34. The second-order valence-electron chi connectivity index (χ2n) is 4.49. The molecule has 0 spiro atoms. The van der Waals surface area contributed by atoms with E-state index in [4.69, 9.17) is 0 Å². The van der Waals surface area contributed by atoms with Gasteiger partial charge >= 0.3 is 6.18 Å². The van der Waals surface area contributed by atoms with Gasteiger partial charge in [0, 0.05) is 18.5 Å². The molecule has 1 aromatic rings. The van der Waals surface area contributed by atoms with Crippen LogP contribution in [0.15, 0.2) is 18.2 Å². The van der Waals surface area contributed by atoms with E-state index in [0.717, 1.165) is 0 Å². The number of nitrogens with one attached hydrogen (secondary N) is 1. The van der Waals surface area contributed by atoms with Crippen molar-refractivity contribution in [1.29, 1.82) is 0 Å². The maximum Gasteiger partial charge on any atom is 0.417 e. The second kappa shape index (κ2) is 5.27. The highest BCUT2D eigenvalue weighted by molar-refractivity contribution is 6.25. The normalized spacial score (nSPS) is 19.3. The van der Waals surface area contributed by atoms with Crippen LogP contribution in [0.3, 0.4) is 0 Å². The molecule has 1 heterocycles. The second-order valence-corrected chi connectivity index (χ2v) is 4.49. The minimum atomic E-state index is -4.97. The highest BCUT2D eigenvalue weighted by Gasteiger charge is 2.42. The van der Waals surface area contributed by atoms with Crippen molar-refractivity contribution in [2.45, 2.75) is 12.6 Å². The van der Waals surface area contributed by atoms with Gasteiger partial charge in [-0.05, 0) is 18.2 Å². The number of carbonyl (C=O) groups excluding carboxylic acids is 3. The lowest BCUT2D eigenvalue weighted by Gasteiger charge is -2.21. The molecule has 112 valence electrons. The smallest absolute Gasteiger partial charge is 0.355 e. The number of hydrogen-bond donors (Lipinski definition) is 1. The summed E-state index contributed by atoms with van der Waals surface area (Å²) in [7, 11) is 0. The lowest BCUT2D eigenvalue weighted by atomic mass is 9.87. The number of rotatable bonds is 2. The van der Waals surface area contributed by atoms with E-state index < -0.39 is 46.5 Å². The first-order valence-electron chi connectivity index (χ1n) is 5.93. The first kappa shape index (κ1) is 15.1. The summed E-state index contributed by atoms with van der Waals surface area (Å²) < 4.78 is 51.5. The number of carbonyl (C=O) groups is 3. The van der Waals surface area contributed by atoms with Crippen LogP contribution in [0.1, 0.15) is 22.3 Å². The maximum atomic E-state index is 13.0. The van der Waals surface area contributed by atoms with Crippen LogP contribution in [0.2, 0.25) is 0 Å². The lowest BCUT2D eigenvalue weighted by molar-refractivity contribution is -0.139. The molecular formula is C13H9F4NO3. The van der Waals surface area contributed by atoms with Gasteiger partial charge in [0.1, 0.15) is 5.82 Å². The van der Waals surface area contributed by atoms with Crippen LogP contribution in [0.25, 0.3) is 0 Å². The molecule has 1 N–H and O–H groups in total. The summed E-state index contributed by atoms with van der Waals surface area (Å²) in [4.78, 5) is 35.2. The first-order chi connectivity index (χ1) is 9.71. The van der Waals surface area contributed by atoms with E-state index in [0.29, 0.717) is 12.1 Å². The number of halogens is 4. The Morgan fingerprint density at radius 3 is 2.48 bits per heavy atom. The molecule has 1 fully saturated rings. The van der Waals surface area contributed by atoms with Crippen molar-refractivity contribution in [3.63, 3.8) is 0 Å². The van der Waals surface area contributed by atoms with Crippen LogP contribution < -0.4 is 5.32 Å². The van der Waals surface area contributed by atoms with Crippen molar-refractivity contribution >= 4 is 17.5 Å². The average molecular weight is 303 g/mol. The molecule has 1 amide bonds. The van der Waals surface area contributed by atoms with Crippen LogP contribution in [-0.2, 0) is 15.8 Å². The first-order valence-corrected chi connectivity index (χ1v) is 5.93.